The molecule has 0 bridgehead atoms. The molecule has 0 saturated carbocycles. The summed E-state index contributed by atoms with van der Waals surface area (Å²) in [4.78, 5) is 23.8. The summed E-state index contributed by atoms with van der Waals surface area (Å²) in [6.45, 7) is 0. The van der Waals surface area contributed by atoms with Gasteiger partial charge in [0.25, 0.3) is 0 Å². The van der Waals surface area contributed by atoms with Crippen molar-refractivity contribution in [1.29, 1.82) is 0 Å². The van der Waals surface area contributed by atoms with Crippen LogP contribution < -0.4 is 0 Å². The zero-order valence-electron chi connectivity index (χ0n) is 10.4. The summed E-state index contributed by atoms with van der Waals surface area (Å²) in [7, 11) is 0. The van der Waals surface area contributed by atoms with Crippen LogP contribution in [0, 0.1) is 0 Å². The monoisotopic (exact) mass is 282 g/mol. The van der Waals surface area contributed by atoms with Crippen LogP contribution in [0.1, 0.15) is 26.3 Å². The second-order valence-corrected chi connectivity index (χ2v) is 5.24. The molecule has 2 aromatic carbocycles. The van der Waals surface area contributed by atoms with Crippen LogP contribution in [-0.2, 0) is 0 Å². The zero-order chi connectivity index (χ0) is 14.1. The van der Waals surface area contributed by atoms with E-state index in [1.807, 2.05) is 24.3 Å². The van der Waals surface area contributed by atoms with Gasteiger partial charge < -0.3 is 5.11 Å². The smallest absolute Gasteiger partial charge is 0.336 e. The summed E-state index contributed by atoms with van der Waals surface area (Å²) >= 11 is 1.48. The number of carbonyl (C=O) groups excluding carboxylic acids is 1. The van der Waals surface area contributed by atoms with E-state index in [1.54, 1.807) is 23.6 Å². The van der Waals surface area contributed by atoms with Gasteiger partial charge in [-0.25, -0.2) is 4.79 Å². The topological polar surface area (TPSA) is 54.4 Å². The minimum Gasteiger partial charge on any atom is -0.478 e. The fraction of sp³-hybridized carbons (Fsp3) is 0. The molecule has 0 atom stereocenters. The van der Waals surface area contributed by atoms with E-state index < -0.39 is 5.97 Å². The maximum Gasteiger partial charge on any atom is 0.336 e. The first kappa shape index (κ1) is 12.6. The molecule has 0 radical (unpaired) electrons. The molecule has 3 nitrogen and oxygen atoms in total. The number of carboxylic acid groups (broad SMARTS) is 1. The molecule has 0 aliphatic carbocycles. The molecule has 0 aliphatic rings. The molecule has 1 aromatic heterocycles. The highest BCUT2D eigenvalue weighted by Gasteiger charge is 2.19. The molecule has 3 aromatic rings. The lowest BCUT2D eigenvalue weighted by molar-refractivity contribution is 0.0693. The Hall–Kier alpha value is -2.46. The van der Waals surface area contributed by atoms with Gasteiger partial charge in [-0.2, -0.15) is 0 Å². The Morgan fingerprint density at radius 1 is 0.850 bits per heavy atom. The Morgan fingerprint density at radius 3 is 2.25 bits per heavy atom. The van der Waals surface area contributed by atoms with E-state index in [2.05, 4.69) is 0 Å². The molecule has 20 heavy (non-hydrogen) atoms. The summed E-state index contributed by atoms with van der Waals surface area (Å²) in [5, 5.41) is 11.8. The van der Waals surface area contributed by atoms with Crippen molar-refractivity contribution in [3.8, 4) is 0 Å². The molecule has 0 unspecified atom stereocenters. The minimum absolute atomic E-state index is 0.0350. The van der Waals surface area contributed by atoms with Crippen molar-refractivity contribution in [3.05, 3.63) is 70.6 Å². The SMILES string of the molecule is O=C(O)c1ccccc1C(=O)c1csc2ccccc12. The molecule has 0 amide bonds. The van der Waals surface area contributed by atoms with Crippen molar-refractivity contribution in [2.45, 2.75) is 0 Å². The number of carbonyl (C=O) groups is 2. The molecule has 98 valence electrons. The maximum atomic E-state index is 12.6. The van der Waals surface area contributed by atoms with Gasteiger partial charge >= 0.3 is 5.97 Å². The van der Waals surface area contributed by atoms with Gasteiger partial charge in [0.1, 0.15) is 0 Å². The summed E-state index contributed by atoms with van der Waals surface area (Å²) in [5.41, 5.74) is 0.815. The molecule has 0 fully saturated rings. The van der Waals surface area contributed by atoms with E-state index in [0.29, 0.717) is 5.56 Å². The van der Waals surface area contributed by atoms with Crippen LogP contribution in [0.25, 0.3) is 10.1 Å². The summed E-state index contributed by atoms with van der Waals surface area (Å²) in [6, 6.07) is 13.9. The molecular weight excluding hydrogens is 272 g/mol. The zero-order valence-corrected chi connectivity index (χ0v) is 11.2. The van der Waals surface area contributed by atoms with Gasteiger partial charge in [-0.3, -0.25) is 4.79 Å². The van der Waals surface area contributed by atoms with E-state index >= 15 is 0 Å². The highest BCUT2D eigenvalue weighted by atomic mass is 32.1. The predicted octanol–water partition coefficient (Wildman–Crippen LogP) is 3.83. The number of benzene rings is 2. The number of rotatable bonds is 3. The molecular formula is C16H10O3S. The van der Waals surface area contributed by atoms with Gasteiger partial charge in [0.15, 0.2) is 5.78 Å². The molecule has 1 heterocycles. The summed E-state index contributed by atoms with van der Waals surface area (Å²) in [6.07, 6.45) is 0. The first-order valence-corrected chi connectivity index (χ1v) is 6.89. The lowest BCUT2D eigenvalue weighted by atomic mass is 9.98. The van der Waals surface area contributed by atoms with Crippen molar-refractivity contribution in [1.82, 2.24) is 0 Å². The lowest BCUT2D eigenvalue weighted by Crippen LogP contribution is -2.09. The maximum absolute atomic E-state index is 12.6. The Morgan fingerprint density at radius 2 is 1.50 bits per heavy atom. The largest absolute Gasteiger partial charge is 0.478 e. The van der Waals surface area contributed by atoms with E-state index in [-0.39, 0.29) is 16.9 Å². The van der Waals surface area contributed by atoms with Gasteiger partial charge in [-0.1, -0.05) is 36.4 Å². The van der Waals surface area contributed by atoms with Crippen LogP contribution in [0.3, 0.4) is 0 Å². The van der Waals surface area contributed by atoms with Gasteiger partial charge in [-0.05, 0) is 12.1 Å². The second-order valence-electron chi connectivity index (χ2n) is 4.33. The molecule has 3 rings (SSSR count). The molecule has 0 aliphatic heterocycles. The van der Waals surface area contributed by atoms with E-state index in [1.165, 1.54) is 17.4 Å². The molecule has 0 spiro atoms. The third kappa shape index (κ3) is 2.00. The summed E-state index contributed by atoms with van der Waals surface area (Å²) in [5.74, 6) is -1.34. The average Bonchev–Trinajstić information content (AvgIpc) is 2.90. The number of carboxylic acids is 1. The minimum atomic E-state index is -1.09. The number of thiophene rings is 1. The van der Waals surface area contributed by atoms with Crippen molar-refractivity contribution in [2.24, 2.45) is 0 Å². The van der Waals surface area contributed by atoms with Crippen LogP contribution in [0.2, 0.25) is 0 Å². The van der Waals surface area contributed by atoms with Crippen molar-refractivity contribution < 1.29 is 14.7 Å². The van der Waals surface area contributed by atoms with Gasteiger partial charge in [0, 0.05) is 26.6 Å². The normalized spacial score (nSPS) is 10.6. The number of ketones is 1. The fourth-order valence-corrected chi connectivity index (χ4v) is 3.11. The predicted molar refractivity (Wildman–Crippen MR) is 78.7 cm³/mol. The Labute approximate surface area is 119 Å². The second kappa shape index (κ2) is 4.90. The van der Waals surface area contributed by atoms with E-state index in [0.717, 1.165) is 10.1 Å². The highest BCUT2D eigenvalue weighted by molar-refractivity contribution is 7.17. The van der Waals surface area contributed by atoms with Crippen molar-refractivity contribution in [3.63, 3.8) is 0 Å². The third-order valence-corrected chi connectivity index (χ3v) is 4.09. The van der Waals surface area contributed by atoms with Crippen molar-refractivity contribution in [2.75, 3.05) is 0 Å². The third-order valence-electron chi connectivity index (χ3n) is 3.13. The average molecular weight is 282 g/mol. The van der Waals surface area contributed by atoms with Crippen LogP contribution in [0.15, 0.2) is 53.9 Å². The number of hydrogen-bond acceptors (Lipinski definition) is 3. The first-order valence-electron chi connectivity index (χ1n) is 6.02. The van der Waals surface area contributed by atoms with E-state index in [9.17, 15) is 14.7 Å². The van der Waals surface area contributed by atoms with Crippen molar-refractivity contribution >= 4 is 33.2 Å². The number of fused-ring (bicyclic) bond motifs is 1. The fourth-order valence-electron chi connectivity index (χ4n) is 2.17. The van der Waals surface area contributed by atoms with Gasteiger partial charge in [0.2, 0.25) is 0 Å². The highest BCUT2D eigenvalue weighted by Crippen LogP contribution is 2.28. The lowest BCUT2D eigenvalue weighted by Gasteiger charge is -2.04. The van der Waals surface area contributed by atoms with Crippen LogP contribution >= 0.6 is 11.3 Å². The Bertz CT molecular complexity index is 817. The van der Waals surface area contributed by atoms with Crippen LogP contribution in [0.5, 0.6) is 0 Å². The number of hydrogen-bond donors (Lipinski definition) is 1. The summed E-state index contributed by atoms with van der Waals surface area (Å²) < 4.78 is 1.02. The van der Waals surface area contributed by atoms with Crippen LogP contribution in [-0.4, -0.2) is 16.9 Å². The van der Waals surface area contributed by atoms with E-state index in [4.69, 9.17) is 0 Å². The van der Waals surface area contributed by atoms with Gasteiger partial charge in [0.05, 0.1) is 5.56 Å². The van der Waals surface area contributed by atoms with Gasteiger partial charge in [-0.15, -0.1) is 11.3 Å². The quantitative estimate of drug-likeness (QED) is 0.743. The van der Waals surface area contributed by atoms with Crippen LogP contribution in [0.4, 0.5) is 0 Å². The number of aromatic carboxylic acids is 1. The first-order chi connectivity index (χ1) is 9.68. The Balaban J connectivity index is 2.16. The Kier molecular flexibility index (Phi) is 3.08. The molecule has 0 saturated heterocycles. The standard InChI is InChI=1S/C16H10O3S/c17-15(11-6-1-2-7-12(11)16(18)19)13-9-20-14-8-4-3-5-10(13)14/h1-9H,(H,18,19). The molecule has 4 heteroatoms. The molecule has 1 N–H and O–H groups in total.